The molecule has 0 spiro atoms. The van der Waals surface area contributed by atoms with Crippen molar-refractivity contribution in [1.82, 2.24) is 4.72 Å². The summed E-state index contributed by atoms with van der Waals surface area (Å²) >= 11 is 13.5. The molecule has 1 aromatic carbocycles. The first-order valence-corrected chi connectivity index (χ1v) is 9.85. The van der Waals surface area contributed by atoms with E-state index < -0.39 is 20.9 Å². The van der Waals surface area contributed by atoms with Crippen molar-refractivity contribution in [1.29, 1.82) is 0 Å². The van der Waals surface area contributed by atoms with E-state index in [2.05, 4.69) is 27.3 Å². The summed E-state index contributed by atoms with van der Waals surface area (Å²) in [6.07, 6.45) is 3.89. The molecular formula is C12H15Cl2FINO2S. The fourth-order valence-electron chi connectivity index (χ4n) is 1.57. The highest BCUT2D eigenvalue weighted by Crippen LogP contribution is 2.29. The first-order chi connectivity index (χ1) is 9.40. The smallest absolute Gasteiger partial charge is 0.211 e. The topological polar surface area (TPSA) is 46.2 Å². The Bertz CT molecular complexity index is 555. The molecule has 3 nitrogen and oxygen atoms in total. The minimum absolute atomic E-state index is 0.201. The highest BCUT2D eigenvalue weighted by Gasteiger charge is 2.21. The van der Waals surface area contributed by atoms with Gasteiger partial charge in [-0.1, -0.05) is 58.6 Å². The SMILES string of the molecule is O=S(=O)(NCCCCCCI)c1ccc(Cl)c(F)c1Cl. The second-order valence-corrected chi connectivity index (χ2v) is 7.77. The van der Waals surface area contributed by atoms with E-state index in [1.165, 1.54) is 12.1 Å². The van der Waals surface area contributed by atoms with Crippen LogP contribution in [0.1, 0.15) is 25.7 Å². The van der Waals surface area contributed by atoms with E-state index in [1.54, 1.807) is 0 Å². The minimum atomic E-state index is -3.81. The zero-order chi connectivity index (χ0) is 15.2. The number of hydrogen-bond acceptors (Lipinski definition) is 2. The van der Waals surface area contributed by atoms with E-state index in [1.807, 2.05) is 0 Å². The van der Waals surface area contributed by atoms with Crippen molar-refractivity contribution in [3.8, 4) is 0 Å². The van der Waals surface area contributed by atoms with Crippen molar-refractivity contribution in [2.75, 3.05) is 11.0 Å². The van der Waals surface area contributed by atoms with Crippen molar-refractivity contribution < 1.29 is 12.8 Å². The molecule has 1 N–H and O–H groups in total. The Morgan fingerprint density at radius 2 is 1.80 bits per heavy atom. The van der Waals surface area contributed by atoms with Gasteiger partial charge >= 0.3 is 0 Å². The van der Waals surface area contributed by atoms with Gasteiger partial charge in [-0.3, -0.25) is 0 Å². The summed E-state index contributed by atoms with van der Waals surface area (Å²) in [4.78, 5) is -0.284. The summed E-state index contributed by atoms with van der Waals surface area (Å²) < 4.78 is 41.0. The fourth-order valence-corrected chi connectivity index (χ4v) is 3.93. The maximum Gasteiger partial charge on any atom is 0.242 e. The van der Waals surface area contributed by atoms with Crippen molar-refractivity contribution in [2.24, 2.45) is 0 Å². The lowest BCUT2D eigenvalue weighted by Gasteiger charge is -2.09. The van der Waals surface area contributed by atoms with Gasteiger partial charge in [0, 0.05) is 6.54 Å². The third-order valence-corrected chi connectivity index (χ3v) is 5.68. The molecule has 0 aliphatic carbocycles. The molecule has 8 heteroatoms. The standard InChI is InChI=1S/C12H15Cl2FINO2S/c13-9-5-6-10(11(14)12(9)15)20(18,19)17-8-4-2-1-3-7-16/h5-6,17H,1-4,7-8H2. The Morgan fingerprint density at radius 1 is 1.15 bits per heavy atom. The lowest BCUT2D eigenvalue weighted by Crippen LogP contribution is -2.25. The Balaban J connectivity index is 2.63. The fraction of sp³-hybridized carbons (Fsp3) is 0.500. The molecule has 0 atom stereocenters. The molecule has 0 aliphatic rings. The third kappa shape index (κ3) is 5.29. The molecule has 1 rings (SSSR count). The molecule has 0 aliphatic heterocycles. The monoisotopic (exact) mass is 453 g/mol. The average Bonchev–Trinajstić information content (AvgIpc) is 2.39. The normalized spacial score (nSPS) is 11.8. The number of benzene rings is 1. The maximum atomic E-state index is 13.5. The van der Waals surface area contributed by atoms with Crippen LogP contribution in [0.5, 0.6) is 0 Å². The number of hydrogen-bond donors (Lipinski definition) is 1. The van der Waals surface area contributed by atoms with Crippen molar-refractivity contribution in [3.63, 3.8) is 0 Å². The summed E-state index contributed by atoms with van der Waals surface area (Å²) in [5.74, 6) is -0.918. The predicted molar refractivity (Wildman–Crippen MR) is 89.0 cm³/mol. The molecule has 0 amide bonds. The second kappa shape index (κ2) is 8.73. The summed E-state index contributed by atoms with van der Waals surface area (Å²) in [5, 5.41) is -0.678. The number of alkyl halides is 1. The summed E-state index contributed by atoms with van der Waals surface area (Å²) in [7, 11) is -3.81. The zero-order valence-corrected chi connectivity index (χ0v) is 15.1. The van der Waals surface area contributed by atoms with E-state index in [0.717, 1.165) is 30.1 Å². The van der Waals surface area contributed by atoms with Gasteiger partial charge in [0.25, 0.3) is 0 Å². The van der Waals surface area contributed by atoms with Crippen LogP contribution in [0.15, 0.2) is 17.0 Å². The van der Waals surface area contributed by atoms with E-state index >= 15 is 0 Å². The summed E-state index contributed by atoms with van der Waals surface area (Å²) in [5.41, 5.74) is 0. The van der Waals surface area contributed by atoms with Crippen LogP contribution in [0.3, 0.4) is 0 Å². The number of halogens is 4. The van der Waals surface area contributed by atoms with Crippen LogP contribution in [0.25, 0.3) is 0 Å². The number of unbranched alkanes of at least 4 members (excludes halogenated alkanes) is 3. The van der Waals surface area contributed by atoms with Gasteiger partial charge in [-0.15, -0.1) is 0 Å². The zero-order valence-electron chi connectivity index (χ0n) is 10.6. The van der Waals surface area contributed by atoms with Crippen LogP contribution in [-0.2, 0) is 10.0 Å². The van der Waals surface area contributed by atoms with Gasteiger partial charge in [-0.2, -0.15) is 0 Å². The number of sulfonamides is 1. The minimum Gasteiger partial charge on any atom is -0.211 e. The Kier molecular flexibility index (Phi) is 8.04. The molecule has 0 saturated carbocycles. The molecule has 1 aromatic rings. The van der Waals surface area contributed by atoms with Gasteiger partial charge in [-0.05, 0) is 29.4 Å². The third-order valence-electron chi connectivity index (χ3n) is 2.64. The van der Waals surface area contributed by atoms with Crippen LogP contribution >= 0.6 is 45.8 Å². The first kappa shape index (κ1) is 18.4. The Labute approximate surface area is 142 Å². The summed E-state index contributed by atoms with van der Waals surface area (Å²) in [6, 6.07) is 2.38. The predicted octanol–water partition coefficient (Wildman–Crippen LogP) is 4.41. The van der Waals surface area contributed by atoms with Crippen LogP contribution in [0.2, 0.25) is 10.0 Å². The highest BCUT2D eigenvalue weighted by atomic mass is 127. The van der Waals surface area contributed by atoms with Crippen LogP contribution < -0.4 is 4.72 Å². The number of nitrogens with one attached hydrogen (secondary N) is 1. The molecule has 0 unspecified atom stereocenters. The summed E-state index contributed by atoms with van der Waals surface area (Å²) in [6.45, 7) is 0.310. The molecule has 114 valence electrons. The lowest BCUT2D eigenvalue weighted by molar-refractivity contribution is 0.571. The lowest BCUT2D eigenvalue weighted by atomic mass is 10.2. The van der Waals surface area contributed by atoms with Gasteiger partial charge in [0.15, 0.2) is 5.82 Å². The highest BCUT2D eigenvalue weighted by molar-refractivity contribution is 14.1. The Hall–Kier alpha value is 0.370. The average molecular weight is 454 g/mol. The molecule has 0 heterocycles. The van der Waals surface area contributed by atoms with Gasteiger partial charge < -0.3 is 0 Å². The maximum absolute atomic E-state index is 13.5. The molecule has 0 fully saturated rings. The van der Waals surface area contributed by atoms with E-state index in [-0.39, 0.29) is 9.92 Å². The van der Waals surface area contributed by atoms with E-state index in [0.29, 0.717) is 6.54 Å². The Morgan fingerprint density at radius 3 is 2.45 bits per heavy atom. The number of rotatable bonds is 8. The first-order valence-electron chi connectivity index (χ1n) is 6.09. The van der Waals surface area contributed by atoms with Crippen LogP contribution in [0, 0.1) is 5.82 Å². The van der Waals surface area contributed by atoms with Crippen molar-refractivity contribution in [3.05, 3.63) is 28.0 Å². The molecule has 0 saturated heterocycles. The van der Waals surface area contributed by atoms with Gasteiger partial charge in [-0.25, -0.2) is 17.5 Å². The van der Waals surface area contributed by atoms with Crippen LogP contribution in [0.4, 0.5) is 4.39 Å². The van der Waals surface area contributed by atoms with Gasteiger partial charge in [0.2, 0.25) is 10.0 Å². The van der Waals surface area contributed by atoms with E-state index in [9.17, 15) is 12.8 Å². The largest absolute Gasteiger partial charge is 0.242 e. The van der Waals surface area contributed by atoms with Crippen LogP contribution in [-0.4, -0.2) is 19.4 Å². The van der Waals surface area contributed by atoms with Crippen molar-refractivity contribution >= 4 is 55.8 Å². The molecule has 0 radical (unpaired) electrons. The molecule has 0 aromatic heterocycles. The quantitative estimate of drug-likeness (QED) is 0.274. The molecular weight excluding hydrogens is 439 g/mol. The van der Waals surface area contributed by atoms with Gasteiger partial charge in [0.05, 0.1) is 10.0 Å². The van der Waals surface area contributed by atoms with E-state index in [4.69, 9.17) is 23.2 Å². The second-order valence-electron chi connectivity index (χ2n) is 4.17. The molecule has 20 heavy (non-hydrogen) atoms. The van der Waals surface area contributed by atoms with Crippen molar-refractivity contribution in [2.45, 2.75) is 30.6 Å². The van der Waals surface area contributed by atoms with Gasteiger partial charge in [0.1, 0.15) is 4.90 Å². The molecule has 0 bridgehead atoms.